The predicted molar refractivity (Wildman–Crippen MR) is 105 cm³/mol. The highest BCUT2D eigenvalue weighted by Gasteiger charge is 2.55. The first-order valence-electron chi connectivity index (χ1n) is 10.7. The zero-order valence-electron chi connectivity index (χ0n) is 16.3. The summed E-state index contributed by atoms with van der Waals surface area (Å²) in [5.74, 6) is 0.962. The molecule has 1 amide bonds. The Morgan fingerprint density at radius 1 is 1.07 bits per heavy atom. The van der Waals surface area contributed by atoms with Gasteiger partial charge in [0.2, 0.25) is 0 Å². The van der Waals surface area contributed by atoms with E-state index in [0.29, 0.717) is 11.6 Å². The zero-order valence-corrected chi connectivity index (χ0v) is 16.3. The molecule has 3 fully saturated rings. The van der Waals surface area contributed by atoms with E-state index in [-0.39, 0.29) is 23.3 Å². The van der Waals surface area contributed by atoms with Crippen LogP contribution >= 0.6 is 0 Å². The van der Waals surface area contributed by atoms with Crippen molar-refractivity contribution >= 4 is 5.91 Å². The number of carbonyl (C=O) groups is 1. The highest BCUT2D eigenvalue weighted by atomic mass is 16.5. The molecule has 5 nitrogen and oxygen atoms in total. The number of likely N-dealkylation sites (tertiary alicyclic amines) is 1. The Labute approximate surface area is 166 Å². The van der Waals surface area contributed by atoms with E-state index in [1.54, 1.807) is 6.26 Å². The number of aromatic nitrogens is 1. The predicted octanol–water partition coefficient (Wildman–Crippen LogP) is 4.72. The third kappa shape index (κ3) is 3.06. The second-order valence-electron chi connectivity index (χ2n) is 8.63. The average Bonchev–Trinajstić information content (AvgIpc) is 3.24. The number of nitrogens with zero attached hydrogens (tertiary/aromatic N) is 2. The molecule has 28 heavy (non-hydrogen) atoms. The minimum absolute atomic E-state index is 0.00658. The maximum Gasteiger partial charge on any atom is 0.276 e. The number of ether oxygens (including phenoxy) is 1. The lowest BCUT2D eigenvalue weighted by Gasteiger charge is -2.59. The molecule has 1 aliphatic carbocycles. The summed E-state index contributed by atoms with van der Waals surface area (Å²) in [6.45, 7) is 2.31. The molecule has 1 unspecified atom stereocenters. The minimum Gasteiger partial charge on any atom is -0.448 e. The Hall–Kier alpha value is -2.14. The summed E-state index contributed by atoms with van der Waals surface area (Å²) in [6, 6.07) is 10.7. The quantitative estimate of drug-likeness (QED) is 0.773. The van der Waals surface area contributed by atoms with E-state index in [0.717, 1.165) is 32.6 Å². The van der Waals surface area contributed by atoms with Gasteiger partial charge in [0.15, 0.2) is 11.6 Å². The fraction of sp³-hybridized carbons (Fsp3) is 0.565. The van der Waals surface area contributed by atoms with Gasteiger partial charge in [0.1, 0.15) is 6.26 Å². The lowest BCUT2D eigenvalue weighted by Crippen LogP contribution is -2.61. The van der Waals surface area contributed by atoms with Gasteiger partial charge in [0, 0.05) is 31.1 Å². The van der Waals surface area contributed by atoms with Gasteiger partial charge in [-0.05, 0) is 31.2 Å². The van der Waals surface area contributed by atoms with Gasteiger partial charge in [-0.1, -0.05) is 49.6 Å². The molecular formula is C23H28N2O3. The molecule has 3 aliphatic rings. The molecule has 0 radical (unpaired) electrons. The molecule has 1 aromatic carbocycles. The zero-order chi connectivity index (χ0) is 19.0. The molecule has 5 heteroatoms. The molecule has 2 aliphatic heterocycles. The second-order valence-corrected chi connectivity index (χ2v) is 8.63. The molecule has 1 atom stereocenters. The van der Waals surface area contributed by atoms with Gasteiger partial charge < -0.3 is 14.1 Å². The van der Waals surface area contributed by atoms with E-state index in [4.69, 9.17) is 9.15 Å². The van der Waals surface area contributed by atoms with E-state index in [1.165, 1.54) is 37.7 Å². The van der Waals surface area contributed by atoms with E-state index in [9.17, 15) is 4.79 Å². The van der Waals surface area contributed by atoms with Crippen LogP contribution in [0.25, 0.3) is 0 Å². The molecule has 0 bridgehead atoms. The fourth-order valence-electron chi connectivity index (χ4n) is 5.45. The monoisotopic (exact) mass is 380 g/mol. The summed E-state index contributed by atoms with van der Waals surface area (Å²) >= 11 is 0. The van der Waals surface area contributed by atoms with Crippen LogP contribution in [0, 0.1) is 5.41 Å². The lowest BCUT2D eigenvalue weighted by molar-refractivity contribution is -0.0773. The van der Waals surface area contributed by atoms with Gasteiger partial charge in [0.05, 0.1) is 6.04 Å². The molecule has 2 saturated heterocycles. The Morgan fingerprint density at radius 2 is 1.82 bits per heavy atom. The van der Waals surface area contributed by atoms with Crippen LogP contribution < -0.4 is 0 Å². The molecule has 3 heterocycles. The smallest absolute Gasteiger partial charge is 0.276 e. The Bertz CT molecular complexity index is 819. The standard InChI is InChI=1S/C23H28N2O3/c26-22(19-15-28-21(24-19)18-9-13-27-14-10-18)25-16-23(11-5-2-6-12-23)20(25)17-7-3-1-4-8-17/h1,3-4,7-8,15,18,20H,2,5-6,9-14,16H2. The van der Waals surface area contributed by atoms with Crippen molar-refractivity contribution in [1.29, 1.82) is 0 Å². The van der Waals surface area contributed by atoms with Crippen LogP contribution in [0.5, 0.6) is 0 Å². The Morgan fingerprint density at radius 3 is 2.57 bits per heavy atom. The van der Waals surface area contributed by atoms with Gasteiger partial charge >= 0.3 is 0 Å². The topological polar surface area (TPSA) is 55.6 Å². The minimum atomic E-state index is 0.00658. The maximum absolute atomic E-state index is 13.3. The maximum atomic E-state index is 13.3. The molecule has 148 valence electrons. The summed E-state index contributed by atoms with van der Waals surface area (Å²) in [7, 11) is 0. The van der Waals surface area contributed by atoms with Gasteiger partial charge in [-0.2, -0.15) is 0 Å². The summed E-state index contributed by atoms with van der Waals surface area (Å²) in [6.07, 6.45) is 9.65. The molecule has 1 saturated carbocycles. The number of hydrogen-bond acceptors (Lipinski definition) is 4. The molecule has 2 aromatic rings. The average molecular weight is 380 g/mol. The van der Waals surface area contributed by atoms with Gasteiger partial charge in [-0.15, -0.1) is 0 Å². The van der Waals surface area contributed by atoms with Crippen LogP contribution in [0.3, 0.4) is 0 Å². The van der Waals surface area contributed by atoms with Gasteiger partial charge in [0.25, 0.3) is 5.91 Å². The Kier molecular flexibility index (Phi) is 4.71. The highest BCUT2D eigenvalue weighted by molar-refractivity contribution is 5.93. The third-order valence-electron chi connectivity index (χ3n) is 6.91. The van der Waals surface area contributed by atoms with Crippen molar-refractivity contribution in [3.05, 3.63) is 53.7 Å². The summed E-state index contributed by atoms with van der Waals surface area (Å²) in [5, 5.41) is 0. The van der Waals surface area contributed by atoms with Crippen molar-refractivity contribution < 1.29 is 13.9 Å². The first-order valence-corrected chi connectivity index (χ1v) is 10.7. The van der Waals surface area contributed by atoms with Crippen LogP contribution in [0.2, 0.25) is 0 Å². The van der Waals surface area contributed by atoms with Crippen molar-refractivity contribution in [3.8, 4) is 0 Å². The van der Waals surface area contributed by atoms with Gasteiger partial charge in [-0.25, -0.2) is 4.98 Å². The van der Waals surface area contributed by atoms with Crippen LogP contribution in [-0.4, -0.2) is 35.5 Å². The van der Waals surface area contributed by atoms with Crippen molar-refractivity contribution in [2.45, 2.75) is 56.9 Å². The second kappa shape index (κ2) is 7.36. The number of oxazole rings is 1. The van der Waals surface area contributed by atoms with E-state index < -0.39 is 0 Å². The first-order chi connectivity index (χ1) is 13.8. The largest absolute Gasteiger partial charge is 0.448 e. The molecule has 0 N–H and O–H groups in total. The number of hydrogen-bond donors (Lipinski definition) is 0. The lowest BCUT2D eigenvalue weighted by atomic mass is 9.61. The third-order valence-corrected chi connectivity index (χ3v) is 6.91. The summed E-state index contributed by atoms with van der Waals surface area (Å²) in [4.78, 5) is 19.9. The van der Waals surface area contributed by atoms with Crippen molar-refractivity contribution in [2.24, 2.45) is 5.41 Å². The molecule has 1 spiro atoms. The van der Waals surface area contributed by atoms with Crippen molar-refractivity contribution in [3.63, 3.8) is 0 Å². The van der Waals surface area contributed by atoms with Crippen molar-refractivity contribution in [2.75, 3.05) is 19.8 Å². The highest BCUT2D eigenvalue weighted by Crippen LogP contribution is 2.57. The van der Waals surface area contributed by atoms with Crippen LogP contribution in [0.4, 0.5) is 0 Å². The van der Waals surface area contributed by atoms with E-state index in [1.807, 2.05) is 11.0 Å². The van der Waals surface area contributed by atoms with Crippen LogP contribution in [0.15, 0.2) is 41.0 Å². The van der Waals surface area contributed by atoms with E-state index in [2.05, 4.69) is 29.2 Å². The fourth-order valence-corrected chi connectivity index (χ4v) is 5.45. The number of rotatable bonds is 3. The Balaban J connectivity index is 1.39. The molecular weight excluding hydrogens is 352 g/mol. The number of benzene rings is 1. The normalized spacial score (nSPS) is 24.9. The van der Waals surface area contributed by atoms with Crippen LogP contribution in [-0.2, 0) is 4.74 Å². The molecule has 5 rings (SSSR count). The van der Waals surface area contributed by atoms with Crippen LogP contribution in [0.1, 0.15) is 78.8 Å². The first kappa shape index (κ1) is 17.9. The number of amides is 1. The van der Waals surface area contributed by atoms with Crippen molar-refractivity contribution in [1.82, 2.24) is 9.88 Å². The van der Waals surface area contributed by atoms with Gasteiger partial charge in [-0.3, -0.25) is 4.79 Å². The number of carbonyl (C=O) groups excluding carboxylic acids is 1. The summed E-state index contributed by atoms with van der Waals surface area (Å²) < 4.78 is 11.1. The summed E-state index contributed by atoms with van der Waals surface area (Å²) in [5.41, 5.74) is 1.94. The molecule has 1 aromatic heterocycles. The SMILES string of the molecule is O=C(c1coc(C2CCOCC2)n1)N1CC2(CCCCC2)C1c1ccccc1. The van der Waals surface area contributed by atoms with E-state index >= 15 is 0 Å².